The first-order valence-corrected chi connectivity index (χ1v) is 5.80. The van der Waals surface area contributed by atoms with Gasteiger partial charge in [0.15, 0.2) is 0 Å². The number of rotatable bonds is 3. The molecule has 0 aliphatic carbocycles. The van der Waals surface area contributed by atoms with Crippen LogP contribution in [0.3, 0.4) is 0 Å². The van der Waals surface area contributed by atoms with Gasteiger partial charge >= 0.3 is 0 Å². The van der Waals surface area contributed by atoms with Crippen molar-refractivity contribution in [2.24, 2.45) is 0 Å². The summed E-state index contributed by atoms with van der Waals surface area (Å²) in [6.45, 7) is 6.47. The summed E-state index contributed by atoms with van der Waals surface area (Å²) >= 11 is 0. The molecule has 84 valence electrons. The number of aromatic nitrogens is 1. The van der Waals surface area contributed by atoms with Gasteiger partial charge in [-0.15, -0.1) is 0 Å². The summed E-state index contributed by atoms with van der Waals surface area (Å²) in [5, 5.41) is 3.35. The van der Waals surface area contributed by atoms with E-state index in [1.807, 2.05) is 6.20 Å². The Kier molecular flexibility index (Phi) is 3.56. The highest BCUT2D eigenvalue weighted by Gasteiger charge is 2.10. The van der Waals surface area contributed by atoms with Crippen molar-refractivity contribution < 1.29 is 1.43 Å². The minimum atomic E-state index is 0. The zero-order valence-corrected chi connectivity index (χ0v) is 9.37. The molecule has 1 fully saturated rings. The van der Waals surface area contributed by atoms with E-state index >= 15 is 0 Å². The summed E-state index contributed by atoms with van der Waals surface area (Å²) in [6, 6.07) is 4.35. The van der Waals surface area contributed by atoms with Crippen molar-refractivity contribution in [3.05, 3.63) is 23.9 Å². The molecule has 0 spiro atoms. The first kappa shape index (κ1) is 10.4. The normalized spacial score (nSPS) is 16.7. The fraction of sp³-hybridized carbons (Fsp3) is 0.583. The van der Waals surface area contributed by atoms with Crippen LogP contribution in [-0.4, -0.2) is 31.2 Å². The summed E-state index contributed by atoms with van der Waals surface area (Å²) in [7, 11) is 0. The predicted octanol–water partition coefficient (Wildman–Crippen LogP) is 1.69. The van der Waals surface area contributed by atoms with Gasteiger partial charge in [0.25, 0.3) is 0 Å². The summed E-state index contributed by atoms with van der Waals surface area (Å²) in [4.78, 5) is 6.86. The number of aryl methyl sites for hydroxylation is 1. The molecule has 0 radical (unpaired) electrons. The molecule has 0 bridgehead atoms. The smallest absolute Gasteiger partial charge is 0.128 e. The molecule has 1 aliphatic rings. The van der Waals surface area contributed by atoms with Crippen molar-refractivity contribution in [2.45, 2.75) is 19.8 Å². The van der Waals surface area contributed by atoms with Gasteiger partial charge in [0.2, 0.25) is 0 Å². The third-order valence-electron chi connectivity index (χ3n) is 2.79. The van der Waals surface area contributed by atoms with Gasteiger partial charge in [0, 0.05) is 33.8 Å². The van der Waals surface area contributed by atoms with Crippen molar-refractivity contribution in [2.75, 3.05) is 31.1 Å². The molecule has 0 amide bonds. The first-order valence-electron chi connectivity index (χ1n) is 5.80. The molecule has 2 heterocycles. The molecule has 3 nitrogen and oxygen atoms in total. The second-order valence-corrected chi connectivity index (χ2v) is 4.01. The summed E-state index contributed by atoms with van der Waals surface area (Å²) in [5.74, 6) is 1.12. The van der Waals surface area contributed by atoms with E-state index in [4.69, 9.17) is 0 Å². The third kappa shape index (κ3) is 2.69. The van der Waals surface area contributed by atoms with Gasteiger partial charge in [0.1, 0.15) is 5.82 Å². The number of pyridine rings is 1. The lowest BCUT2D eigenvalue weighted by atomic mass is 10.2. The highest BCUT2D eigenvalue weighted by Crippen LogP contribution is 2.12. The number of hydrogen-bond donors (Lipinski definition) is 1. The average Bonchev–Trinajstić information content (AvgIpc) is 2.32. The minimum Gasteiger partial charge on any atom is -0.354 e. The van der Waals surface area contributed by atoms with Crippen molar-refractivity contribution in [1.82, 2.24) is 10.3 Å². The third-order valence-corrected chi connectivity index (χ3v) is 2.79. The van der Waals surface area contributed by atoms with Gasteiger partial charge in [-0.25, -0.2) is 4.98 Å². The first-order chi connectivity index (χ1) is 7.40. The predicted molar refractivity (Wildman–Crippen MR) is 65.4 cm³/mol. The Morgan fingerprint density at radius 1 is 1.40 bits per heavy atom. The molecular weight excluding hydrogens is 186 g/mol. The maximum atomic E-state index is 4.52. The highest BCUT2D eigenvalue weighted by atomic mass is 15.2. The molecule has 1 saturated heterocycles. The van der Waals surface area contributed by atoms with E-state index in [-0.39, 0.29) is 1.43 Å². The fourth-order valence-electron chi connectivity index (χ4n) is 1.93. The van der Waals surface area contributed by atoms with Gasteiger partial charge in [-0.2, -0.15) is 0 Å². The molecule has 0 saturated carbocycles. The standard InChI is InChI=1S/C12H19N3.H2/c1-2-3-11-4-5-12(14-10-11)15-8-6-13-7-9-15;/h4-5,10,13H,2-3,6-9H2,1H3;1H. The number of nitrogens with one attached hydrogen (secondary N) is 1. The van der Waals surface area contributed by atoms with Gasteiger partial charge in [-0.1, -0.05) is 19.4 Å². The maximum Gasteiger partial charge on any atom is 0.128 e. The minimum absolute atomic E-state index is 0. The van der Waals surface area contributed by atoms with Crippen LogP contribution in [0.15, 0.2) is 18.3 Å². The zero-order chi connectivity index (χ0) is 10.5. The van der Waals surface area contributed by atoms with Gasteiger partial charge < -0.3 is 10.2 Å². The summed E-state index contributed by atoms with van der Waals surface area (Å²) < 4.78 is 0. The molecule has 0 unspecified atom stereocenters. The van der Waals surface area contributed by atoms with E-state index in [0.29, 0.717) is 0 Å². The van der Waals surface area contributed by atoms with Crippen LogP contribution >= 0.6 is 0 Å². The van der Waals surface area contributed by atoms with E-state index in [1.54, 1.807) is 0 Å². The van der Waals surface area contributed by atoms with Crippen molar-refractivity contribution in [1.29, 1.82) is 0 Å². The molecule has 1 N–H and O–H groups in total. The van der Waals surface area contributed by atoms with Crippen LogP contribution in [0.1, 0.15) is 20.3 Å². The quantitative estimate of drug-likeness (QED) is 0.817. The topological polar surface area (TPSA) is 28.2 Å². The monoisotopic (exact) mass is 207 g/mol. The van der Waals surface area contributed by atoms with Gasteiger partial charge in [-0.05, 0) is 18.1 Å². The van der Waals surface area contributed by atoms with Crippen LogP contribution in [0.2, 0.25) is 0 Å². The van der Waals surface area contributed by atoms with Gasteiger partial charge in [0.05, 0.1) is 0 Å². The number of piperazine rings is 1. The zero-order valence-electron chi connectivity index (χ0n) is 9.37. The molecule has 0 aromatic carbocycles. The molecule has 1 aromatic heterocycles. The van der Waals surface area contributed by atoms with E-state index in [9.17, 15) is 0 Å². The van der Waals surface area contributed by atoms with E-state index in [0.717, 1.165) is 38.4 Å². The lowest BCUT2D eigenvalue weighted by molar-refractivity contribution is 0.585. The lowest BCUT2D eigenvalue weighted by Gasteiger charge is -2.28. The van der Waals surface area contributed by atoms with E-state index in [2.05, 4.69) is 34.3 Å². The maximum absolute atomic E-state index is 4.52. The van der Waals surface area contributed by atoms with Crippen LogP contribution in [0, 0.1) is 0 Å². The molecule has 15 heavy (non-hydrogen) atoms. The second-order valence-electron chi connectivity index (χ2n) is 4.01. The van der Waals surface area contributed by atoms with Crippen LogP contribution in [0.5, 0.6) is 0 Å². The van der Waals surface area contributed by atoms with Crippen molar-refractivity contribution >= 4 is 5.82 Å². The second kappa shape index (κ2) is 5.12. The van der Waals surface area contributed by atoms with Crippen LogP contribution < -0.4 is 10.2 Å². The Morgan fingerprint density at radius 2 is 2.20 bits per heavy atom. The van der Waals surface area contributed by atoms with Crippen molar-refractivity contribution in [3.63, 3.8) is 0 Å². The number of hydrogen-bond acceptors (Lipinski definition) is 3. The average molecular weight is 207 g/mol. The van der Waals surface area contributed by atoms with Crippen molar-refractivity contribution in [3.8, 4) is 0 Å². The molecule has 0 atom stereocenters. The van der Waals surface area contributed by atoms with Gasteiger partial charge in [-0.3, -0.25) is 0 Å². The van der Waals surface area contributed by atoms with E-state index in [1.165, 1.54) is 12.0 Å². The van der Waals surface area contributed by atoms with E-state index < -0.39 is 0 Å². The molecular formula is C12H21N3. The Bertz CT molecular complexity index is 294. The SMILES string of the molecule is CCCc1ccc(N2CCNCC2)nc1.[HH]. The fourth-order valence-corrected chi connectivity index (χ4v) is 1.93. The molecule has 1 aliphatic heterocycles. The molecule has 1 aromatic rings. The Morgan fingerprint density at radius 3 is 2.80 bits per heavy atom. The lowest BCUT2D eigenvalue weighted by Crippen LogP contribution is -2.43. The van der Waals surface area contributed by atoms with Crippen LogP contribution in [0.25, 0.3) is 0 Å². The largest absolute Gasteiger partial charge is 0.354 e. The van der Waals surface area contributed by atoms with Crippen LogP contribution in [0.4, 0.5) is 5.82 Å². The Hall–Kier alpha value is -1.09. The highest BCUT2D eigenvalue weighted by molar-refractivity contribution is 5.39. The number of nitrogens with zero attached hydrogens (tertiary/aromatic N) is 2. The van der Waals surface area contributed by atoms with Crippen LogP contribution in [-0.2, 0) is 6.42 Å². The number of anilines is 1. The Balaban J connectivity index is 0.00000128. The summed E-state index contributed by atoms with van der Waals surface area (Å²) in [5.41, 5.74) is 1.34. The summed E-state index contributed by atoms with van der Waals surface area (Å²) in [6.07, 6.45) is 4.34. The Labute approximate surface area is 93.0 Å². The molecule has 3 heteroatoms. The molecule has 2 rings (SSSR count).